The molecule has 0 bridgehead atoms. The summed E-state index contributed by atoms with van der Waals surface area (Å²) in [5.74, 6) is 1.66. The molecule has 1 aliphatic rings. The van der Waals surface area contributed by atoms with Gasteiger partial charge in [0.25, 0.3) is 0 Å². The summed E-state index contributed by atoms with van der Waals surface area (Å²) in [4.78, 5) is 0. The highest BCUT2D eigenvalue weighted by atomic mass is 35.5. The average Bonchev–Trinajstić information content (AvgIpc) is 2.88. The van der Waals surface area contributed by atoms with E-state index >= 15 is 0 Å². The zero-order chi connectivity index (χ0) is 13.0. The summed E-state index contributed by atoms with van der Waals surface area (Å²) in [6.07, 6.45) is 7.76. The summed E-state index contributed by atoms with van der Waals surface area (Å²) in [6.45, 7) is 0. The van der Waals surface area contributed by atoms with E-state index in [1.165, 1.54) is 32.1 Å². The Hall–Kier alpha value is -0.400. The third-order valence-corrected chi connectivity index (χ3v) is 4.63. The summed E-state index contributed by atoms with van der Waals surface area (Å²) >= 11 is 12.7. The zero-order valence-corrected chi connectivity index (χ0v) is 12.3. The van der Waals surface area contributed by atoms with Crippen molar-refractivity contribution in [1.82, 2.24) is 0 Å². The lowest BCUT2D eigenvalue weighted by Gasteiger charge is -2.15. The molecule has 0 aliphatic heterocycles. The van der Waals surface area contributed by atoms with Gasteiger partial charge in [0.15, 0.2) is 0 Å². The smallest absolute Gasteiger partial charge is 0.120 e. The summed E-state index contributed by atoms with van der Waals surface area (Å²) in [5, 5.41) is 0.727. The predicted molar refractivity (Wildman–Crippen MR) is 77.8 cm³/mol. The Balaban J connectivity index is 1.93. The van der Waals surface area contributed by atoms with Crippen LogP contribution < -0.4 is 4.74 Å². The monoisotopic (exact) mass is 286 g/mol. The second kappa shape index (κ2) is 6.68. The second-order valence-electron chi connectivity index (χ2n) is 5.08. The summed E-state index contributed by atoms with van der Waals surface area (Å²) in [5.41, 5.74) is 1.03. The van der Waals surface area contributed by atoms with Gasteiger partial charge in [-0.05, 0) is 36.5 Å². The molecule has 100 valence electrons. The van der Waals surface area contributed by atoms with Crippen LogP contribution in [0.2, 0.25) is 5.02 Å². The van der Waals surface area contributed by atoms with Crippen LogP contribution in [-0.4, -0.2) is 7.11 Å². The molecule has 2 rings (SSSR count). The fourth-order valence-corrected chi connectivity index (χ4v) is 3.40. The van der Waals surface area contributed by atoms with Gasteiger partial charge in [0, 0.05) is 5.02 Å². The Morgan fingerprint density at radius 3 is 2.67 bits per heavy atom. The van der Waals surface area contributed by atoms with E-state index < -0.39 is 0 Å². The number of halogens is 2. The molecule has 1 aromatic carbocycles. The predicted octanol–water partition coefficient (Wildman–Crippen LogP) is 5.60. The van der Waals surface area contributed by atoms with Crippen molar-refractivity contribution < 1.29 is 4.74 Å². The van der Waals surface area contributed by atoms with Crippen molar-refractivity contribution >= 4 is 23.2 Å². The number of benzene rings is 1. The summed E-state index contributed by atoms with van der Waals surface area (Å²) < 4.78 is 5.14. The fraction of sp³-hybridized carbons (Fsp3) is 0.600. The molecular formula is C15H20Cl2O. The summed E-state index contributed by atoms with van der Waals surface area (Å²) in [6, 6.07) is 5.74. The maximum absolute atomic E-state index is 6.46. The molecule has 1 unspecified atom stereocenters. The van der Waals surface area contributed by atoms with Crippen LogP contribution in [0, 0.1) is 5.92 Å². The fourth-order valence-electron chi connectivity index (χ4n) is 2.73. The molecule has 0 amide bonds. The van der Waals surface area contributed by atoms with E-state index in [1.54, 1.807) is 7.11 Å². The first-order valence-corrected chi connectivity index (χ1v) is 7.49. The SMILES string of the molecule is COc1ccc(C(Cl)CCC2CCCC2)c(Cl)c1. The molecule has 1 fully saturated rings. The number of hydrogen-bond donors (Lipinski definition) is 0. The Labute approximate surface area is 119 Å². The third kappa shape index (κ3) is 3.55. The van der Waals surface area contributed by atoms with Crippen LogP contribution in [-0.2, 0) is 0 Å². The molecule has 1 saturated carbocycles. The molecule has 0 radical (unpaired) electrons. The number of alkyl halides is 1. The molecule has 1 nitrogen and oxygen atoms in total. The maximum Gasteiger partial charge on any atom is 0.120 e. The van der Waals surface area contributed by atoms with E-state index in [1.807, 2.05) is 18.2 Å². The minimum Gasteiger partial charge on any atom is -0.497 e. The van der Waals surface area contributed by atoms with Crippen molar-refractivity contribution in [1.29, 1.82) is 0 Å². The van der Waals surface area contributed by atoms with Crippen LogP contribution in [0.3, 0.4) is 0 Å². The van der Waals surface area contributed by atoms with E-state index in [9.17, 15) is 0 Å². The van der Waals surface area contributed by atoms with E-state index in [0.29, 0.717) is 5.02 Å². The van der Waals surface area contributed by atoms with Gasteiger partial charge in [0.05, 0.1) is 12.5 Å². The molecule has 1 aliphatic carbocycles. The highest BCUT2D eigenvalue weighted by Gasteiger charge is 2.18. The topological polar surface area (TPSA) is 9.23 Å². The average molecular weight is 287 g/mol. The highest BCUT2D eigenvalue weighted by molar-refractivity contribution is 6.32. The van der Waals surface area contributed by atoms with Crippen LogP contribution in [0.25, 0.3) is 0 Å². The summed E-state index contributed by atoms with van der Waals surface area (Å²) in [7, 11) is 1.64. The van der Waals surface area contributed by atoms with Crippen LogP contribution in [0.4, 0.5) is 0 Å². The normalized spacial score (nSPS) is 17.9. The first-order valence-electron chi connectivity index (χ1n) is 6.68. The minimum absolute atomic E-state index is 0.0176. The van der Waals surface area contributed by atoms with Crippen molar-refractivity contribution in [2.24, 2.45) is 5.92 Å². The first kappa shape index (κ1) is 14.0. The first-order chi connectivity index (χ1) is 8.70. The Morgan fingerprint density at radius 1 is 1.33 bits per heavy atom. The van der Waals surface area contributed by atoms with Gasteiger partial charge in [0.2, 0.25) is 0 Å². The molecule has 3 heteroatoms. The molecule has 0 heterocycles. The molecule has 18 heavy (non-hydrogen) atoms. The van der Waals surface area contributed by atoms with Crippen molar-refractivity contribution in [3.63, 3.8) is 0 Å². The lowest BCUT2D eigenvalue weighted by Crippen LogP contribution is -1.98. The van der Waals surface area contributed by atoms with Gasteiger partial charge in [0.1, 0.15) is 5.75 Å². The molecule has 0 N–H and O–H groups in total. The lowest BCUT2D eigenvalue weighted by atomic mass is 9.98. The molecule has 1 atom stereocenters. The molecule has 0 aromatic heterocycles. The number of hydrogen-bond acceptors (Lipinski definition) is 1. The number of methoxy groups -OCH3 is 1. The standard InChI is InChI=1S/C15H20Cl2O/c1-18-12-7-8-13(15(17)10-12)14(16)9-6-11-4-2-3-5-11/h7-8,10-11,14H,2-6,9H2,1H3. The van der Waals surface area contributed by atoms with Gasteiger partial charge in [-0.2, -0.15) is 0 Å². The van der Waals surface area contributed by atoms with Crippen molar-refractivity contribution in [2.45, 2.75) is 43.9 Å². The van der Waals surface area contributed by atoms with Crippen LogP contribution in [0.1, 0.15) is 49.5 Å². The van der Waals surface area contributed by atoms with E-state index in [2.05, 4.69) is 0 Å². The maximum atomic E-state index is 6.46. The van der Waals surface area contributed by atoms with Crippen LogP contribution >= 0.6 is 23.2 Å². The zero-order valence-electron chi connectivity index (χ0n) is 10.8. The lowest BCUT2D eigenvalue weighted by molar-refractivity contribution is 0.414. The van der Waals surface area contributed by atoms with Gasteiger partial charge in [-0.15, -0.1) is 11.6 Å². The molecule has 0 saturated heterocycles. The van der Waals surface area contributed by atoms with Crippen molar-refractivity contribution in [2.75, 3.05) is 7.11 Å². The number of ether oxygens (including phenoxy) is 1. The Bertz CT molecular complexity index is 386. The van der Waals surface area contributed by atoms with E-state index in [4.69, 9.17) is 27.9 Å². The van der Waals surface area contributed by atoms with E-state index in [0.717, 1.165) is 23.7 Å². The van der Waals surface area contributed by atoms with E-state index in [-0.39, 0.29) is 5.38 Å². The van der Waals surface area contributed by atoms with Crippen molar-refractivity contribution in [3.05, 3.63) is 28.8 Å². The quantitative estimate of drug-likeness (QED) is 0.640. The van der Waals surface area contributed by atoms with Crippen molar-refractivity contribution in [3.8, 4) is 5.75 Å². The second-order valence-corrected chi connectivity index (χ2v) is 6.02. The highest BCUT2D eigenvalue weighted by Crippen LogP contribution is 2.37. The third-order valence-electron chi connectivity index (χ3n) is 3.85. The largest absolute Gasteiger partial charge is 0.497 e. The van der Waals surface area contributed by atoms with Crippen LogP contribution in [0.5, 0.6) is 5.75 Å². The van der Waals surface area contributed by atoms with Crippen LogP contribution in [0.15, 0.2) is 18.2 Å². The number of rotatable bonds is 5. The van der Waals surface area contributed by atoms with Gasteiger partial charge >= 0.3 is 0 Å². The van der Waals surface area contributed by atoms with Gasteiger partial charge in [-0.3, -0.25) is 0 Å². The van der Waals surface area contributed by atoms with Gasteiger partial charge < -0.3 is 4.74 Å². The minimum atomic E-state index is 0.0176. The Kier molecular flexibility index (Phi) is 5.20. The Morgan fingerprint density at radius 2 is 2.06 bits per heavy atom. The molecule has 0 spiro atoms. The molecule has 1 aromatic rings. The molecular weight excluding hydrogens is 267 g/mol. The van der Waals surface area contributed by atoms with Gasteiger partial charge in [-0.1, -0.05) is 43.4 Å². The van der Waals surface area contributed by atoms with Gasteiger partial charge in [-0.25, -0.2) is 0 Å².